The first-order valence-corrected chi connectivity index (χ1v) is 10.1. The van der Waals surface area contributed by atoms with Crippen LogP contribution in [0.2, 0.25) is 5.02 Å². The quantitative estimate of drug-likeness (QED) is 0.726. The number of halogens is 1. The Balaban J connectivity index is 1.56. The number of carbonyl (C=O) groups is 2. The molecule has 1 unspecified atom stereocenters. The Morgan fingerprint density at radius 2 is 1.85 bits per heavy atom. The van der Waals surface area contributed by atoms with E-state index < -0.39 is 0 Å². The molecule has 0 bridgehead atoms. The van der Waals surface area contributed by atoms with Gasteiger partial charge in [0.25, 0.3) is 0 Å². The lowest BCUT2D eigenvalue weighted by Crippen LogP contribution is -2.33. The molecule has 1 aliphatic carbocycles. The topological polar surface area (TPSA) is 71.1 Å². The normalized spacial score (nSPS) is 15.6. The van der Waals surface area contributed by atoms with Gasteiger partial charge in [0.1, 0.15) is 0 Å². The second-order valence-corrected chi connectivity index (χ2v) is 7.86. The van der Waals surface area contributed by atoms with Crippen LogP contribution < -0.4 is 10.6 Å². The molecule has 1 saturated carbocycles. The van der Waals surface area contributed by atoms with Crippen molar-refractivity contribution in [2.24, 2.45) is 5.92 Å². The Labute approximate surface area is 162 Å². The van der Waals surface area contributed by atoms with Crippen molar-refractivity contribution in [3.63, 3.8) is 0 Å². The van der Waals surface area contributed by atoms with Crippen LogP contribution in [0, 0.1) is 5.92 Å². The molecular formula is C19H22ClN3O2S. The molecule has 3 rings (SSSR count). The first kappa shape index (κ1) is 18.9. The fourth-order valence-electron chi connectivity index (χ4n) is 3.37. The number of benzene rings is 1. The summed E-state index contributed by atoms with van der Waals surface area (Å²) in [6.07, 6.45) is 6.54. The molecule has 1 heterocycles. The van der Waals surface area contributed by atoms with Crippen molar-refractivity contribution < 1.29 is 9.59 Å². The number of nitrogens with zero attached hydrogens (tertiary/aromatic N) is 1. The number of carbonyl (C=O) groups excluding carboxylic acids is 2. The molecule has 1 aliphatic rings. The molecule has 0 radical (unpaired) electrons. The number of thiazole rings is 1. The van der Waals surface area contributed by atoms with Crippen LogP contribution >= 0.6 is 22.9 Å². The van der Waals surface area contributed by atoms with E-state index >= 15 is 0 Å². The van der Waals surface area contributed by atoms with Crippen LogP contribution in [-0.2, 0) is 9.59 Å². The third kappa shape index (κ3) is 5.29. The Morgan fingerprint density at radius 1 is 1.15 bits per heavy atom. The summed E-state index contributed by atoms with van der Waals surface area (Å²) in [5.41, 5.74) is 1.07. The molecule has 2 N–H and O–H groups in total. The van der Waals surface area contributed by atoms with Crippen LogP contribution in [0.5, 0.6) is 0 Å². The van der Waals surface area contributed by atoms with Crippen molar-refractivity contribution in [3.05, 3.63) is 46.4 Å². The Bertz CT molecular complexity index is 728. The first-order chi connectivity index (χ1) is 12.6. The first-order valence-electron chi connectivity index (χ1n) is 8.86. The summed E-state index contributed by atoms with van der Waals surface area (Å²) in [6.45, 7) is 0. The minimum atomic E-state index is -0.195. The molecule has 26 heavy (non-hydrogen) atoms. The van der Waals surface area contributed by atoms with E-state index in [0.717, 1.165) is 18.4 Å². The Hall–Kier alpha value is -1.92. The zero-order valence-corrected chi connectivity index (χ0v) is 16.0. The molecule has 2 aromatic rings. The van der Waals surface area contributed by atoms with Crippen molar-refractivity contribution in [2.45, 2.75) is 44.6 Å². The van der Waals surface area contributed by atoms with E-state index in [0.29, 0.717) is 16.1 Å². The van der Waals surface area contributed by atoms with Crippen LogP contribution in [0.25, 0.3) is 0 Å². The maximum Gasteiger partial charge on any atom is 0.226 e. The zero-order valence-electron chi connectivity index (χ0n) is 14.4. The summed E-state index contributed by atoms with van der Waals surface area (Å²) in [5.74, 6) is 0.134. The highest BCUT2D eigenvalue weighted by Crippen LogP contribution is 2.36. The van der Waals surface area contributed by atoms with E-state index in [1.54, 1.807) is 11.6 Å². The van der Waals surface area contributed by atoms with Gasteiger partial charge in [-0.05, 0) is 36.5 Å². The van der Waals surface area contributed by atoms with Crippen molar-refractivity contribution in [2.75, 3.05) is 5.32 Å². The highest BCUT2D eigenvalue weighted by Gasteiger charge is 2.27. The number of aromatic nitrogens is 1. The van der Waals surface area contributed by atoms with Gasteiger partial charge in [-0.15, -0.1) is 11.3 Å². The summed E-state index contributed by atoms with van der Waals surface area (Å²) in [4.78, 5) is 28.4. The average molecular weight is 392 g/mol. The van der Waals surface area contributed by atoms with Gasteiger partial charge in [0.2, 0.25) is 11.8 Å². The minimum absolute atomic E-state index is 0.0238. The molecule has 1 aromatic carbocycles. The lowest BCUT2D eigenvalue weighted by Gasteiger charge is -2.25. The second kappa shape index (κ2) is 9.14. The lowest BCUT2D eigenvalue weighted by molar-refractivity contribution is -0.125. The molecule has 0 spiro atoms. The molecule has 1 atom stereocenters. The molecular weight excluding hydrogens is 370 g/mol. The molecule has 1 aromatic heterocycles. The van der Waals surface area contributed by atoms with Crippen LogP contribution in [0.15, 0.2) is 35.8 Å². The zero-order chi connectivity index (χ0) is 18.4. The number of hydrogen-bond acceptors (Lipinski definition) is 4. The molecule has 0 aliphatic heterocycles. The van der Waals surface area contributed by atoms with Crippen LogP contribution in [0.1, 0.15) is 50.1 Å². The van der Waals surface area contributed by atoms with Crippen LogP contribution in [0.4, 0.5) is 5.13 Å². The number of hydrogen-bond donors (Lipinski definition) is 2. The van der Waals surface area contributed by atoms with E-state index in [2.05, 4.69) is 15.6 Å². The van der Waals surface area contributed by atoms with E-state index in [1.807, 2.05) is 24.3 Å². The van der Waals surface area contributed by atoms with E-state index in [-0.39, 0.29) is 30.7 Å². The summed E-state index contributed by atoms with van der Waals surface area (Å²) in [6, 6.07) is 7.63. The van der Waals surface area contributed by atoms with Crippen molar-refractivity contribution >= 4 is 39.9 Å². The van der Waals surface area contributed by atoms with Gasteiger partial charge in [-0.1, -0.05) is 36.6 Å². The van der Waals surface area contributed by atoms with Crippen molar-refractivity contribution in [1.82, 2.24) is 10.3 Å². The van der Waals surface area contributed by atoms with Crippen LogP contribution in [0.3, 0.4) is 0 Å². The van der Waals surface area contributed by atoms with Gasteiger partial charge >= 0.3 is 0 Å². The van der Waals surface area contributed by atoms with Gasteiger partial charge in [-0.3, -0.25) is 9.59 Å². The van der Waals surface area contributed by atoms with Gasteiger partial charge in [0.15, 0.2) is 5.13 Å². The predicted octanol–water partition coefficient (Wildman–Crippen LogP) is 4.56. The van der Waals surface area contributed by atoms with E-state index in [4.69, 9.17) is 11.6 Å². The highest BCUT2D eigenvalue weighted by atomic mass is 35.5. The Morgan fingerprint density at radius 3 is 2.50 bits per heavy atom. The number of anilines is 1. The lowest BCUT2D eigenvalue weighted by atomic mass is 9.91. The van der Waals surface area contributed by atoms with Crippen molar-refractivity contribution in [3.8, 4) is 0 Å². The fraction of sp³-hybridized carbons (Fsp3) is 0.421. The average Bonchev–Trinajstić information content (AvgIpc) is 3.33. The molecule has 138 valence electrons. The van der Waals surface area contributed by atoms with Gasteiger partial charge in [0, 0.05) is 29.4 Å². The van der Waals surface area contributed by atoms with Gasteiger partial charge in [-0.25, -0.2) is 4.98 Å². The summed E-state index contributed by atoms with van der Waals surface area (Å²) in [5, 5.41) is 8.86. The monoisotopic (exact) mass is 391 g/mol. The largest absolute Gasteiger partial charge is 0.349 e. The predicted molar refractivity (Wildman–Crippen MR) is 104 cm³/mol. The molecule has 2 amide bonds. The third-order valence-corrected chi connectivity index (χ3v) is 5.62. The summed E-state index contributed by atoms with van der Waals surface area (Å²) >= 11 is 7.35. The number of nitrogens with one attached hydrogen (secondary N) is 2. The molecule has 7 heteroatoms. The van der Waals surface area contributed by atoms with Crippen molar-refractivity contribution in [1.29, 1.82) is 0 Å². The fourth-order valence-corrected chi connectivity index (χ4v) is 4.04. The van der Waals surface area contributed by atoms with Gasteiger partial charge in [-0.2, -0.15) is 0 Å². The maximum absolute atomic E-state index is 12.4. The maximum atomic E-state index is 12.4. The molecule has 1 fully saturated rings. The second-order valence-electron chi connectivity index (χ2n) is 6.53. The number of rotatable bonds is 7. The summed E-state index contributed by atoms with van der Waals surface area (Å²) < 4.78 is 0. The summed E-state index contributed by atoms with van der Waals surface area (Å²) in [7, 11) is 0. The van der Waals surface area contributed by atoms with Crippen LogP contribution in [-0.4, -0.2) is 16.8 Å². The van der Waals surface area contributed by atoms with Gasteiger partial charge < -0.3 is 10.6 Å². The Kier molecular flexibility index (Phi) is 6.63. The van der Waals surface area contributed by atoms with E-state index in [1.165, 1.54) is 24.2 Å². The highest BCUT2D eigenvalue weighted by molar-refractivity contribution is 7.13. The third-order valence-electron chi connectivity index (χ3n) is 4.67. The smallest absolute Gasteiger partial charge is 0.226 e. The minimum Gasteiger partial charge on any atom is -0.349 e. The number of amides is 2. The SMILES string of the molecule is O=C(CCC(=O)NC(c1ccc(Cl)cc1)C1CCCC1)Nc1nccs1. The van der Waals surface area contributed by atoms with Gasteiger partial charge in [0.05, 0.1) is 6.04 Å². The van der Waals surface area contributed by atoms with E-state index in [9.17, 15) is 9.59 Å². The molecule has 5 nitrogen and oxygen atoms in total. The standard InChI is InChI=1S/C19H22ClN3O2S/c20-15-7-5-14(6-8-15)18(13-3-1-2-4-13)22-16(24)9-10-17(25)23-19-21-11-12-26-19/h5-8,11-13,18H,1-4,9-10H2,(H,22,24)(H,21,23,25). The molecule has 0 saturated heterocycles.